The molecule has 0 atom stereocenters. The first-order valence-corrected chi connectivity index (χ1v) is 9.95. The number of anilines is 2. The van der Waals surface area contributed by atoms with E-state index in [0.29, 0.717) is 11.4 Å². The van der Waals surface area contributed by atoms with Gasteiger partial charge in [-0.05, 0) is 42.8 Å². The van der Waals surface area contributed by atoms with Gasteiger partial charge in [0, 0.05) is 57.7 Å². The van der Waals surface area contributed by atoms with Gasteiger partial charge in [0.2, 0.25) is 0 Å². The van der Waals surface area contributed by atoms with E-state index in [-0.39, 0.29) is 5.91 Å². The predicted octanol–water partition coefficient (Wildman–Crippen LogP) is 2.66. The Labute approximate surface area is 170 Å². The van der Waals surface area contributed by atoms with E-state index in [1.54, 1.807) is 13.3 Å². The van der Waals surface area contributed by atoms with Crippen LogP contribution in [0.15, 0.2) is 48.8 Å². The van der Waals surface area contributed by atoms with Gasteiger partial charge in [0.1, 0.15) is 11.6 Å². The largest absolute Gasteiger partial charge is 0.383 e. The Kier molecular flexibility index (Phi) is 5.78. The molecule has 1 aliphatic rings. The van der Waals surface area contributed by atoms with Crippen molar-refractivity contribution in [1.82, 2.24) is 14.3 Å². The van der Waals surface area contributed by atoms with Gasteiger partial charge in [0.05, 0.1) is 12.2 Å². The number of fused-ring (bicyclic) bond motifs is 1. The third kappa shape index (κ3) is 4.41. The highest BCUT2D eigenvalue weighted by Gasteiger charge is 2.19. The van der Waals surface area contributed by atoms with Gasteiger partial charge in [-0.1, -0.05) is 6.07 Å². The molecule has 4 heterocycles. The van der Waals surface area contributed by atoms with Crippen LogP contribution >= 0.6 is 0 Å². The molecule has 1 fully saturated rings. The maximum atomic E-state index is 12.7. The van der Waals surface area contributed by atoms with Gasteiger partial charge in [-0.25, -0.2) is 4.98 Å². The number of aromatic nitrogens is 2. The number of carbonyl (C=O) groups is 1. The van der Waals surface area contributed by atoms with Gasteiger partial charge < -0.3 is 19.4 Å². The van der Waals surface area contributed by atoms with Crippen LogP contribution < -0.4 is 10.2 Å². The zero-order valence-electron chi connectivity index (χ0n) is 17.0. The van der Waals surface area contributed by atoms with Crippen molar-refractivity contribution >= 4 is 23.1 Å². The first-order valence-electron chi connectivity index (χ1n) is 9.95. The molecule has 3 aromatic heterocycles. The van der Waals surface area contributed by atoms with Crippen molar-refractivity contribution in [2.24, 2.45) is 0 Å². The molecule has 1 amide bonds. The Morgan fingerprint density at radius 2 is 1.90 bits per heavy atom. The molecule has 7 nitrogen and oxygen atoms in total. The molecule has 152 valence electrons. The molecule has 0 bridgehead atoms. The van der Waals surface area contributed by atoms with E-state index in [1.807, 2.05) is 37.4 Å². The molecule has 0 spiro atoms. The van der Waals surface area contributed by atoms with Crippen molar-refractivity contribution < 1.29 is 9.53 Å². The number of carbonyl (C=O) groups excluding carboxylic acids is 1. The fraction of sp³-hybridized carbons (Fsp3) is 0.364. The number of piperazine rings is 1. The van der Waals surface area contributed by atoms with Gasteiger partial charge in [-0.3, -0.25) is 9.69 Å². The van der Waals surface area contributed by atoms with Crippen molar-refractivity contribution in [2.45, 2.75) is 6.92 Å². The van der Waals surface area contributed by atoms with Crippen LogP contribution in [0.3, 0.4) is 0 Å². The van der Waals surface area contributed by atoms with E-state index in [4.69, 9.17) is 4.74 Å². The molecule has 1 saturated heterocycles. The van der Waals surface area contributed by atoms with Crippen molar-refractivity contribution in [3.63, 3.8) is 0 Å². The highest BCUT2D eigenvalue weighted by Crippen LogP contribution is 2.22. The predicted molar refractivity (Wildman–Crippen MR) is 115 cm³/mol. The molecule has 3 aromatic rings. The first-order chi connectivity index (χ1) is 14.1. The Bertz CT molecular complexity index is 975. The van der Waals surface area contributed by atoms with E-state index in [1.165, 1.54) is 0 Å². The summed E-state index contributed by atoms with van der Waals surface area (Å²) in [7, 11) is 1.74. The summed E-state index contributed by atoms with van der Waals surface area (Å²) in [6.07, 6.45) is 3.65. The second-order valence-corrected chi connectivity index (χ2v) is 7.40. The number of nitrogens with one attached hydrogen (secondary N) is 1. The van der Waals surface area contributed by atoms with Gasteiger partial charge >= 0.3 is 0 Å². The minimum atomic E-state index is -0.160. The summed E-state index contributed by atoms with van der Waals surface area (Å²) in [5.74, 6) is 1.52. The summed E-state index contributed by atoms with van der Waals surface area (Å²) in [5.41, 5.74) is 2.74. The second-order valence-electron chi connectivity index (χ2n) is 7.40. The molecule has 1 aliphatic heterocycles. The van der Waals surface area contributed by atoms with Crippen LogP contribution in [0.2, 0.25) is 0 Å². The zero-order chi connectivity index (χ0) is 20.2. The van der Waals surface area contributed by atoms with Crippen LogP contribution in [0.1, 0.15) is 15.9 Å². The minimum Gasteiger partial charge on any atom is -0.383 e. The Hall–Kier alpha value is -2.90. The number of methoxy groups -OCH3 is 1. The van der Waals surface area contributed by atoms with Gasteiger partial charge in [0.25, 0.3) is 5.91 Å². The topological polar surface area (TPSA) is 62.1 Å². The maximum absolute atomic E-state index is 12.7. The summed E-state index contributed by atoms with van der Waals surface area (Å²) in [5, 5.41) is 2.87. The number of rotatable bonds is 6. The summed E-state index contributed by atoms with van der Waals surface area (Å²) in [4.78, 5) is 21.7. The number of hydrogen-bond acceptors (Lipinski definition) is 5. The van der Waals surface area contributed by atoms with Crippen molar-refractivity contribution in [2.75, 3.05) is 56.7 Å². The summed E-state index contributed by atoms with van der Waals surface area (Å²) in [6.45, 7) is 7.64. The Balaban J connectivity index is 1.49. The average Bonchev–Trinajstić information content (AvgIpc) is 3.17. The van der Waals surface area contributed by atoms with Gasteiger partial charge in [-0.15, -0.1) is 0 Å². The smallest absolute Gasteiger partial charge is 0.258 e. The molecule has 0 radical (unpaired) electrons. The SMILES string of the molecule is COCCN1CCN(c2ccc3ccc(C(=O)Nc4ccc(C)cn4)cn23)CC1. The molecule has 0 saturated carbocycles. The number of pyridine rings is 2. The first kappa shape index (κ1) is 19.4. The van der Waals surface area contributed by atoms with Gasteiger partial charge in [-0.2, -0.15) is 0 Å². The lowest BCUT2D eigenvalue weighted by molar-refractivity contribution is 0.102. The molecule has 0 unspecified atom stereocenters. The van der Waals surface area contributed by atoms with Crippen molar-refractivity contribution in [3.05, 3.63) is 59.9 Å². The monoisotopic (exact) mass is 393 g/mol. The van der Waals surface area contributed by atoms with E-state index < -0.39 is 0 Å². The normalized spacial score (nSPS) is 15.0. The minimum absolute atomic E-state index is 0.160. The maximum Gasteiger partial charge on any atom is 0.258 e. The molecular formula is C22H27N5O2. The third-order valence-electron chi connectivity index (χ3n) is 5.35. The lowest BCUT2D eigenvalue weighted by Crippen LogP contribution is -2.47. The molecule has 4 rings (SSSR count). The fourth-order valence-electron chi connectivity index (χ4n) is 3.63. The number of aryl methyl sites for hydroxylation is 1. The highest BCUT2D eigenvalue weighted by atomic mass is 16.5. The molecule has 0 aromatic carbocycles. The van der Waals surface area contributed by atoms with E-state index >= 15 is 0 Å². The lowest BCUT2D eigenvalue weighted by atomic mass is 10.2. The van der Waals surface area contributed by atoms with Crippen LogP contribution in [0, 0.1) is 6.92 Å². The third-order valence-corrected chi connectivity index (χ3v) is 5.35. The van der Waals surface area contributed by atoms with Crippen molar-refractivity contribution in [3.8, 4) is 0 Å². The van der Waals surface area contributed by atoms with E-state index in [0.717, 1.165) is 56.2 Å². The van der Waals surface area contributed by atoms with Crippen LogP contribution in [0.5, 0.6) is 0 Å². The zero-order valence-corrected chi connectivity index (χ0v) is 17.0. The molecule has 0 aliphatic carbocycles. The highest BCUT2D eigenvalue weighted by molar-refractivity contribution is 6.03. The average molecular weight is 393 g/mol. The summed E-state index contributed by atoms with van der Waals surface area (Å²) < 4.78 is 7.28. The quantitative estimate of drug-likeness (QED) is 0.698. The number of nitrogens with zero attached hydrogens (tertiary/aromatic N) is 4. The summed E-state index contributed by atoms with van der Waals surface area (Å²) >= 11 is 0. The number of hydrogen-bond donors (Lipinski definition) is 1. The molecular weight excluding hydrogens is 366 g/mol. The van der Waals surface area contributed by atoms with Crippen LogP contribution in [-0.2, 0) is 4.74 Å². The van der Waals surface area contributed by atoms with Crippen molar-refractivity contribution in [1.29, 1.82) is 0 Å². The lowest BCUT2D eigenvalue weighted by Gasteiger charge is -2.35. The number of amides is 1. The number of ether oxygens (including phenoxy) is 1. The van der Waals surface area contributed by atoms with Gasteiger partial charge in [0.15, 0.2) is 0 Å². The fourth-order valence-corrected chi connectivity index (χ4v) is 3.63. The molecule has 1 N–H and O–H groups in total. The molecule has 29 heavy (non-hydrogen) atoms. The molecule has 7 heteroatoms. The van der Waals surface area contributed by atoms with E-state index in [2.05, 4.69) is 36.6 Å². The van der Waals surface area contributed by atoms with Crippen LogP contribution in [0.4, 0.5) is 11.6 Å². The van der Waals surface area contributed by atoms with Crippen LogP contribution in [0.25, 0.3) is 5.52 Å². The standard InChI is InChI=1S/C22H27N5O2/c1-17-3-7-20(23-15-17)24-22(28)18-4-5-19-6-8-21(27(19)16-18)26-11-9-25(10-12-26)13-14-29-2/h3-8,15-16H,9-14H2,1-2H3,(H,23,24,28). The Morgan fingerprint density at radius 3 is 2.62 bits per heavy atom. The Morgan fingerprint density at radius 1 is 1.10 bits per heavy atom. The second kappa shape index (κ2) is 8.63. The summed E-state index contributed by atoms with van der Waals surface area (Å²) in [6, 6.07) is 11.8. The van der Waals surface area contributed by atoms with Crippen LogP contribution in [-0.4, -0.2) is 66.6 Å². The van der Waals surface area contributed by atoms with E-state index in [9.17, 15) is 4.79 Å².